The normalized spacial score (nSPS) is 11.3. The number of carbonyl (C=O) groups excluding carboxylic acids is 2. The molecule has 0 bridgehead atoms. The number of esters is 2. The third-order valence-corrected chi connectivity index (χ3v) is 6.09. The smallest absolute Gasteiger partial charge is 0.306 e. The second kappa shape index (κ2) is 15.7. The third-order valence-electron chi connectivity index (χ3n) is 6.09. The number of aromatic amines is 1. The van der Waals surface area contributed by atoms with Crippen LogP contribution >= 0.6 is 0 Å². The molecule has 0 spiro atoms. The van der Waals surface area contributed by atoms with Gasteiger partial charge in [-0.1, -0.05) is 0 Å². The number of nitrogens with zero attached hydrogens (tertiary/aromatic N) is 3. The molecule has 1 aromatic heterocycles. The van der Waals surface area contributed by atoms with Gasteiger partial charge in [0.05, 0.1) is 32.6 Å². The SMILES string of the molecule is COc1cc(OC)c2c(=O)[nH]c(-c3cc(C)c(OCCOC(=O)CCC(=O)OCC(CO[N+](=O)[O-])O[N+](=O)[O-])c(C)c3)nc2c1. The van der Waals surface area contributed by atoms with E-state index in [2.05, 4.69) is 19.6 Å². The molecule has 0 aliphatic carbocycles. The van der Waals surface area contributed by atoms with Crippen LogP contribution in [0.2, 0.25) is 0 Å². The van der Waals surface area contributed by atoms with Crippen LogP contribution in [0.15, 0.2) is 29.1 Å². The van der Waals surface area contributed by atoms with Crippen LogP contribution in [0.25, 0.3) is 22.3 Å². The first-order valence-electron chi connectivity index (χ1n) is 13.2. The van der Waals surface area contributed by atoms with Crippen molar-refractivity contribution < 1.29 is 53.1 Å². The van der Waals surface area contributed by atoms with E-state index < -0.39 is 47.9 Å². The van der Waals surface area contributed by atoms with E-state index in [9.17, 15) is 34.6 Å². The molecule has 18 nitrogen and oxygen atoms in total. The molecule has 242 valence electrons. The van der Waals surface area contributed by atoms with Crippen molar-refractivity contribution in [3.63, 3.8) is 0 Å². The molecule has 2 aromatic carbocycles. The number of H-pyrrole nitrogens is 1. The van der Waals surface area contributed by atoms with Gasteiger partial charge in [0, 0.05) is 17.7 Å². The van der Waals surface area contributed by atoms with Gasteiger partial charge in [0.15, 0.2) is 6.10 Å². The number of rotatable bonds is 17. The van der Waals surface area contributed by atoms with E-state index in [-0.39, 0.29) is 30.6 Å². The largest absolute Gasteiger partial charge is 0.497 e. The minimum Gasteiger partial charge on any atom is -0.497 e. The van der Waals surface area contributed by atoms with Gasteiger partial charge >= 0.3 is 11.9 Å². The van der Waals surface area contributed by atoms with Crippen molar-refractivity contribution >= 4 is 22.8 Å². The van der Waals surface area contributed by atoms with E-state index in [1.165, 1.54) is 14.2 Å². The van der Waals surface area contributed by atoms with Crippen LogP contribution in [-0.2, 0) is 28.7 Å². The predicted octanol–water partition coefficient (Wildman–Crippen LogP) is 2.25. The Kier molecular flexibility index (Phi) is 11.8. The van der Waals surface area contributed by atoms with Crippen LogP contribution in [-0.4, -0.2) is 78.8 Å². The van der Waals surface area contributed by atoms with Gasteiger partial charge in [-0.25, -0.2) is 4.98 Å². The van der Waals surface area contributed by atoms with Gasteiger partial charge in [-0.05, 0) is 37.1 Å². The summed E-state index contributed by atoms with van der Waals surface area (Å²) in [7, 11) is 2.95. The Labute approximate surface area is 254 Å². The highest BCUT2D eigenvalue weighted by Crippen LogP contribution is 2.31. The Balaban J connectivity index is 1.52. The van der Waals surface area contributed by atoms with Crippen molar-refractivity contribution in [2.75, 3.05) is 40.6 Å². The summed E-state index contributed by atoms with van der Waals surface area (Å²) < 4.78 is 26.2. The third kappa shape index (κ3) is 9.66. The fourth-order valence-electron chi connectivity index (χ4n) is 4.15. The van der Waals surface area contributed by atoms with Crippen molar-refractivity contribution in [1.29, 1.82) is 0 Å². The summed E-state index contributed by atoms with van der Waals surface area (Å²) in [6, 6.07) is 6.81. The molecule has 3 aromatic rings. The maximum absolute atomic E-state index is 12.9. The molecule has 0 amide bonds. The van der Waals surface area contributed by atoms with Gasteiger partial charge in [-0.3, -0.25) is 14.4 Å². The molecule has 3 rings (SSSR count). The van der Waals surface area contributed by atoms with Gasteiger partial charge in [-0.2, -0.15) is 0 Å². The molecule has 1 atom stereocenters. The van der Waals surface area contributed by atoms with Crippen LogP contribution < -0.4 is 19.8 Å². The Morgan fingerprint density at radius 1 is 0.911 bits per heavy atom. The van der Waals surface area contributed by atoms with Gasteiger partial charge < -0.3 is 38.3 Å². The van der Waals surface area contributed by atoms with Crippen molar-refractivity contribution in [1.82, 2.24) is 9.97 Å². The van der Waals surface area contributed by atoms with E-state index in [1.54, 1.807) is 38.1 Å². The van der Waals surface area contributed by atoms with Crippen LogP contribution in [0.5, 0.6) is 17.2 Å². The van der Waals surface area contributed by atoms with E-state index >= 15 is 0 Å². The lowest BCUT2D eigenvalue weighted by atomic mass is 10.0. The molecule has 0 aliphatic rings. The number of fused-ring (bicyclic) bond motifs is 1. The zero-order valence-electron chi connectivity index (χ0n) is 24.7. The fourth-order valence-corrected chi connectivity index (χ4v) is 4.15. The van der Waals surface area contributed by atoms with Crippen molar-refractivity contribution in [2.24, 2.45) is 0 Å². The Bertz CT molecular complexity index is 1600. The molecule has 0 saturated carbocycles. The zero-order chi connectivity index (χ0) is 33.1. The minimum absolute atomic E-state index is 0.00177. The lowest BCUT2D eigenvalue weighted by Gasteiger charge is -2.15. The Morgan fingerprint density at radius 2 is 1.58 bits per heavy atom. The molecule has 1 N–H and O–H groups in total. The molecule has 0 aliphatic heterocycles. The van der Waals surface area contributed by atoms with Crippen LogP contribution in [0.1, 0.15) is 24.0 Å². The number of nitrogens with one attached hydrogen (secondary N) is 1. The molecule has 0 fully saturated rings. The standard InChI is InChI=1S/C27H30N4O14/c1-15-9-17(26-28-20-11-18(39-3)12-21(40-4)24(20)27(34)29-26)10-16(2)25(15)42-8-7-41-22(32)5-6-23(33)43-13-19(45-31(37)38)14-44-30(35)36/h9-12,19H,5-8,13-14H2,1-4H3,(H,28,29,34). The lowest BCUT2D eigenvalue weighted by molar-refractivity contribution is -0.790. The predicted molar refractivity (Wildman–Crippen MR) is 152 cm³/mol. The van der Waals surface area contributed by atoms with Gasteiger partial charge in [0.25, 0.3) is 15.7 Å². The summed E-state index contributed by atoms with van der Waals surface area (Å²) in [4.78, 5) is 72.9. The van der Waals surface area contributed by atoms with Crippen LogP contribution in [0, 0.1) is 34.1 Å². The zero-order valence-corrected chi connectivity index (χ0v) is 24.7. The molecule has 1 heterocycles. The first kappa shape index (κ1) is 33.8. The highest BCUT2D eigenvalue weighted by molar-refractivity contribution is 5.87. The quantitative estimate of drug-likeness (QED) is 0.0971. The van der Waals surface area contributed by atoms with E-state index in [4.69, 9.17) is 23.7 Å². The summed E-state index contributed by atoms with van der Waals surface area (Å²) in [5.41, 5.74) is 2.11. The fraction of sp³-hybridized carbons (Fsp3) is 0.407. The number of hydrogen-bond donors (Lipinski definition) is 1. The number of ether oxygens (including phenoxy) is 5. The van der Waals surface area contributed by atoms with Crippen molar-refractivity contribution in [2.45, 2.75) is 32.8 Å². The molecular weight excluding hydrogens is 604 g/mol. The lowest BCUT2D eigenvalue weighted by Crippen LogP contribution is -2.30. The molecule has 18 heteroatoms. The summed E-state index contributed by atoms with van der Waals surface area (Å²) in [5, 5.41) is 18.6. The van der Waals surface area contributed by atoms with E-state index in [0.717, 1.165) is 11.1 Å². The topological polar surface area (TPSA) is 231 Å². The number of aromatic nitrogens is 2. The van der Waals surface area contributed by atoms with Gasteiger partial charge in [-0.15, -0.1) is 20.2 Å². The molecule has 0 radical (unpaired) electrons. The minimum atomic E-state index is -1.53. The molecule has 0 saturated heterocycles. The number of hydrogen-bond acceptors (Lipinski definition) is 15. The maximum Gasteiger partial charge on any atom is 0.306 e. The number of benzene rings is 2. The molecular formula is C27H30N4O14. The summed E-state index contributed by atoms with van der Waals surface area (Å²) in [5.74, 6) is 0.0484. The summed E-state index contributed by atoms with van der Waals surface area (Å²) in [6.07, 6.45) is -2.30. The Morgan fingerprint density at radius 3 is 2.18 bits per heavy atom. The second-order valence-corrected chi connectivity index (χ2v) is 9.30. The summed E-state index contributed by atoms with van der Waals surface area (Å²) >= 11 is 0. The van der Waals surface area contributed by atoms with E-state index in [0.29, 0.717) is 34.2 Å². The average Bonchev–Trinajstić information content (AvgIpc) is 2.99. The van der Waals surface area contributed by atoms with Crippen LogP contribution in [0.3, 0.4) is 0 Å². The average molecular weight is 635 g/mol. The first-order valence-corrected chi connectivity index (χ1v) is 13.2. The number of methoxy groups -OCH3 is 2. The van der Waals surface area contributed by atoms with Gasteiger partial charge in [0.1, 0.15) is 54.9 Å². The summed E-state index contributed by atoms with van der Waals surface area (Å²) in [6.45, 7) is 1.94. The van der Waals surface area contributed by atoms with Crippen LogP contribution in [0.4, 0.5) is 0 Å². The monoisotopic (exact) mass is 634 g/mol. The number of aryl methyl sites for hydroxylation is 2. The second-order valence-electron chi connectivity index (χ2n) is 9.30. The van der Waals surface area contributed by atoms with Gasteiger partial charge in [0.2, 0.25) is 0 Å². The molecule has 45 heavy (non-hydrogen) atoms. The van der Waals surface area contributed by atoms with Crippen molar-refractivity contribution in [3.05, 3.63) is 66.0 Å². The van der Waals surface area contributed by atoms with E-state index in [1.807, 2.05) is 0 Å². The number of carbonyl (C=O) groups is 2. The molecule has 1 unspecified atom stereocenters. The highest BCUT2D eigenvalue weighted by atomic mass is 17.0. The first-order chi connectivity index (χ1) is 21.4. The Hall–Kier alpha value is -5.68. The van der Waals surface area contributed by atoms with Crippen molar-refractivity contribution in [3.8, 4) is 28.6 Å². The maximum atomic E-state index is 12.9. The highest BCUT2D eigenvalue weighted by Gasteiger charge is 2.19.